The maximum atomic E-state index is 12.0. The molecule has 15 heavy (non-hydrogen) atoms. The van der Waals surface area contributed by atoms with Crippen molar-refractivity contribution in [2.24, 2.45) is 7.05 Å². The summed E-state index contributed by atoms with van der Waals surface area (Å²) in [5.74, 6) is 0. The highest BCUT2D eigenvalue weighted by molar-refractivity contribution is 7.91. The molecule has 0 unspecified atom stereocenters. The van der Waals surface area contributed by atoms with Crippen LogP contribution in [0.5, 0.6) is 0 Å². The molecule has 0 saturated carbocycles. The lowest BCUT2D eigenvalue weighted by molar-refractivity contribution is 0.563. The van der Waals surface area contributed by atoms with Crippen LogP contribution >= 0.6 is 0 Å². The first-order chi connectivity index (χ1) is 6.94. The van der Waals surface area contributed by atoms with Gasteiger partial charge in [-0.1, -0.05) is 0 Å². The fourth-order valence-corrected chi connectivity index (χ4v) is 2.84. The van der Waals surface area contributed by atoms with Crippen LogP contribution in [0.25, 0.3) is 0 Å². The third kappa shape index (κ3) is 1.48. The van der Waals surface area contributed by atoms with Crippen molar-refractivity contribution in [1.82, 2.24) is 14.9 Å². The predicted octanol–water partition coefficient (Wildman–Crippen LogP) is 0.205. The Morgan fingerprint density at radius 1 is 1.40 bits per heavy atom. The highest BCUT2D eigenvalue weighted by Gasteiger charge is 2.29. The first kappa shape index (κ1) is 10.6. The van der Waals surface area contributed by atoms with Crippen molar-refractivity contribution in [1.29, 1.82) is 0 Å². The van der Waals surface area contributed by atoms with E-state index in [1.165, 1.54) is 0 Å². The number of hydrogen-bond donors (Lipinski definition) is 1. The van der Waals surface area contributed by atoms with Gasteiger partial charge in [0.15, 0.2) is 0 Å². The molecular formula is C9H15N3O2S. The fourth-order valence-electron chi connectivity index (χ4n) is 1.69. The van der Waals surface area contributed by atoms with Crippen molar-refractivity contribution in [2.45, 2.75) is 37.3 Å². The summed E-state index contributed by atoms with van der Waals surface area (Å²) < 4.78 is 25.6. The standard InChI is InChI=1S/C9H15N3O2S/c1-6(2)15(13,14)9-11-7-4-10-5-8(7)12(9)3/h6,10H,4-5H2,1-3H3. The van der Waals surface area contributed by atoms with Crippen molar-refractivity contribution in [3.8, 4) is 0 Å². The monoisotopic (exact) mass is 229 g/mol. The third-order valence-corrected chi connectivity index (χ3v) is 4.83. The van der Waals surface area contributed by atoms with Crippen molar-refractivity contribution >= 4 is 9.84 Å². The summed E-state index contributed by atoms with van der Waals surface area (Å²) in [5.41, 5.74) is 1.84. The molecule has 0 aromatic carbocycles. The zero-order chi connectivity index (χ0) is 11.2. The second-order valence-corrected chi connectivity index (χ2v) is 6.44. The molecule has 1 aromatic rings. The van der Waals surface area contributed by atoms with E-state index in [2.05, 4.69) is 10.3 Å². The predicted molar refractivity (Wildman–Crippen MR) is 56.1 cm³/mol. The summed E-state index contributed by atoms with van der Waals surface area (Å²) >= 11 is 0. The third-order valence-electron chi connectivity index (χ3n) is 2.72. The zero-order valence-electron chi connectivity index (χ0n) is 9.11. The largest absolute Gasteiger partial charge is 0.321 e. The van der Waals surface area contributed by atoms with Gasteiger partial charge in [0, 0.05) is 20.1 Å². The molecule has 2 heterocycles. The topological polar surface area (TPSA) is 64.0 Å². The van der Waals surface area contributed by atoms with Crippen LogP contribution in [-0.2, 0) is 30.0 Å². The molecule has 1 aliphatic rings. The molecule has 0 fully saturated rings. The minimum Gasteiger partial charge on any atom is -0.321 e. The van der Waals surface area contributed by atoms with Crippen LogP contribution in [0.2, 0.25) is 0 Å². The van der Waals surface area contributed by atoms with Gasteiger partial charge in [-0.15, -0.1) is 0 Å². The van der Waals surface area contributed by atoms with Gasteiger partial charge in [0.1, 0.15) is 0 Å². The summed E-state index contributed by atoms with van der Waals surface area (Å²) in [6.07, 6.45) is 0. The molecule has 1 aliphatic heterocycles. The zero-order valence-corrected chi connectivity index (χ0v) is 9.93. The highest BCUT2D eigenvalue weighted by atomic mass is 32.2. The van der Waals surface area contributed by atoms with Crippen molar-refractivity contribution in [2.75, 3.05) is 0 Å². The maximum absolute atomic E-state index is 12.0. The van der Waals surface area contributed by atoms with Gasteiger partial charge in [0.25, 0.3) is 0 Å². The molecule has 2 rings (SSSR count). The SMILES string of the molecule is CC(C)S(=O)(=O)c1nc2c(n1C)CNC2. The van der Waals surface area contributed by atoms with Crippen LogP contribution in [0, 0.1) is 0 Å². The molecule has 0 bridgehead atoms. The van der Waals surface area contributed by atoms with Crippen LogP contribution in [0.15, 0.2) is 5.16 Å². The summed E-state index contributed by atoms with van der Waals surface area (Å²) in [5, 5.41) is 2.91. The Bertz CT molecular complexity index is 488. The fraction of sp³-hybridized carbons (Fsp3) is 0.667. The molecule has 6 heteroatoms. The van der Waals surface area contributed by atoms with Crippen molar-refractivity contribution < 1.29 is 8.42 Å². The first-order valence-electron chi connectivity index (χ1n) is 4.93. The lowest BCUT2D eigenvalue weighted by Crippen LogP contribution is -2.19. The van der Waals surface area contributed by atoms with Gasteiger partial charge in [0.2, 0.25) is 15.0 Å². The van der Waals surface area contributed by atoms with Gasteiger partial charge in [-0.05, 0) is 13.8 Å². The molecule has 0 saturated heterocycles. The Morgan fingerprint density at radius 2 is 2.07 bits per heavy atom. The Hall–Kier alpha value is -0.880. The molecule has 0 amide bonds. The Kier molecular flexibility index (Phi) is 2.35. The first-order valence-corrected chi connectivity index (χ1v) is 6.48. The van der Waals surface area contributed by atoms with Crippen LogP contribution in [0.3, 0.4) is 0 Å². The number of sulfone groups is 1. The summed E-state index contributed by atoms with van der Waals surface area (Å²) in [6, 6.07) is 0. The molecular weight excluding hydrogens is 214 g/mol. The highest BCUT2D eigenvalue weighted by Crippen LogP contribution is 2.21. The minimum absolute atomic E-state index is 0.198. The lowest BCUT2D eigenvalue weighted by atomic mass is 10.4. The van der Waals surface area contributed by atoms with E-state index in [-0.39, 0.29) is 5.16 Å². The molecule has 0 atom stereocenters. The van der Waals surface area contributed by atoms with Crippen LogP contribution < -0.4 is 5.32 Å². The smallest absolute Gasteiger partial charge is 0.228 e. The van der Waals surface area contributed by atoms with Crippen LogP contribution in [-0.4, -0.2) is 23.2 Å². The summed E-state index contributed by atoms with van der Waals surface area (Å²) in [4.78, 5) is 4.20. The number of nitrogens with one attached hydrogen (secondary N) is 1. The van der Waals surface area contributed by atoms with Crippen molar-refractivity contribution in [3.63, 3.8) is 0 Å². The molecule has 84 valence electrons. The van der Waals surface area contributed by atoms with E-state index in [1.54, 1.807) is 25.5 Å². The van der Waals surface area contributed by atoms with Gasteiger partial charge in [0.05, 0.1) is 16.6 Å². The number of nitrogens with zero attached hydrogens (tertiary/aromatic N) is 2. The Labute approximate surface area is 89.4 Å². The molecule has 0 aliphatic carbocycles. The van der Waals surface area contributed by atoms with Crippen LogP contribution in [0.1, 0.15) is 25.2 Å². The molecule has 0 radical (unpaired) electrons. The average molecular weight is 229 g/mol. The van der Waals surface area contributed by atoms with Gasteiger partial charge < -0.3 is 9.88 Å². The number of hydrogen-bond acceptors (Lipinski definition) is 4. The van der Waals surface area contributed by atoms with Gasteiger partial charge in [-0.25, -0.2) is 13.4 Å². The second-order valence-electron chi connectivity index (χ2n) is 4.04. The van der Waals surface area contributed by atoms with Gasteiger partial charge in [-0.3, -0.25) is 0 Å². The van der Waals surface area contributed by atoms with E-state index in [9.17, 15) is 8.42 Å². The number of aromatic nitrogens is 2. The number of rotatable bonds is 2. The van der Waals surface area contributed by atoms with E-state index >= 15 is 0 Å². The van der Waals surface area contributed by atoms with Crippen LogP contribution in [0.4, 0.5) is 0 Å². The quantitative estimate of drug-likeness (QED) is 0.787. The molecule has 1 N–H and O–H groups in total. The normalized spacial score (nSPS) is 16.0. The number of imidazole rings is 1. The van der Waals surface area contributed by atoms with Gasteiger partial charge in [-0.2, -0.15) is 0 Å². The van der Waals surface area contributed by atoms with E-state index in [0.717, 1.165) is 11.4 Å². The Balaban J connectivity index is 2.57. The second kappa shape index (κ2) is 3.31. The summed E-state index contributed by atoms with van der Waals surface area (Å²) in [7, 11) is -1.50. The van der Waals surface area contributed by atoms with E-state index < -0.39 is 15.1 Å². The van der Waals surface area contributed by atoms with E-state index in [4.69, 9.17) is 0 Å². The average Bonchev–Trinajstić information content (AvgIpc) is 2.69. The minimum atomic E-state index is -3.26. The Morgan fingerprint density at radius 3 is 2.60 bits per heavy atom. The summed E-state index contributed by atoms with van der Waals surface area (Å²) in [6.45, 7) is 4.71. The maximum Gasteiger partial charge on any atom is 0.228 e. The molecule has 1 aromatic heterocycles. The molecule has 0 spiro atoms. The van der Waals surface area contributed by atoms with E-state index in [1.807, 2.05) is 0 Å². The van der Waals surface area contributed by atoms with E-state index in [0.29, 0.717) is 13.1 Å². The lowest BCUT2D eigenvalue weighted by Gasteiger charge is -2.08. The van der Waals surface area contributed by atoms with Crippen molar-refractivity contribution in [3.05, 3.63) is 11.4 Å². The van der Waals surface area contributed by atoms with Gasteiger partial charge >= 0.3 is 0 Å². The molecule has 5 nitrogen and oxygen atoms in total. The number of fused-ring (bicyclic) bond motifs is 1.